The van der Waals surface area contributed by atoms with E-state index in [1.807, 2.05) is 0 Å². The smallest absolute Gasteiger partial charge is 0.0323 e. The second-order valence-electron chi connectivity index (χ2n) is 5.67. The van der Waals surface area contributed by atoms with E-state index in [0.29, 0.717) is 5.92 Å². The van der Waals surface area contributed by atoms with Gasteiger partial charge in [0, 0.05) is 6.04 Å². The van der Waals surface area contributed by atoms with Gasteiger partial charge in [0.2, 0.25) is 0 Å². The van der Waals surface area contributed by atoms with Crippen LogP contribution in [0.25, 0.3) is 21.5 Å². The van der Waals surface area contributed by atoms with Crippen molar-refractivity contribution in [3.63, 3.8) is 0 Å². The summed E-state index contributed by atoms with van der Waals surface area (Å²) < 4.78 is 0. The van der Waals surface area contributed by atoms with E-state index in [2.05, 4.69) is 54.6 Å². The molecule has 1 fully saturated rings. The van der Waals surface area contributed by atoms with Crippen LogP contribution in [-0.2, 0) is 0 Å². The Balaban J connectivity index is 1.89. The molecule has 0 unspecified atom stereocenters. The molecule has 1 nitrogen and oxygen atoms in total. The minimum Gasteiger partial charge on any atom is -0.324 e. The fourth-order valence-corrected chi connectivity index (χ4v) is 2.89. The van der Waals surface area contributed by atoms with E-state index in [1.54, 1.807) is 0 Å². The highest BCUT2D eigenvalue weighted by molar-refractivity contribution is 5.98. The predicted molar refractivity (Wildman–Crippen MR) is 81.1 cm³/mol. The third kappa shape index (κ3) is 1.91. The van der Waals surface area contributed by atoms with Gasteiger partial charge < -0.3 is 5.73 Å². The molecule has 1 aliphatic rings. The Morgan fingerprint density at radius 1 is 0.789 bits per heavy atom. The van der Waals surface area contributed by atoms with Crippen LogP contribution in [0.15, 0.2) is 54.6 Å². The van der Waals surface area contributed by atoms with E-state index in [9.17, 15) is 0 Å². The molecule has 94 valence electrons. The van der Waals surface area contributed by atoms with Crippen molar-refractivity contribution in [2.75, 3.05) is 0 Å². The Morgan fingerprint density at radius 2 is 1.42 bits per heavy atom. The van der Waals surface area contributed by atoms with E-state index in [-0.39, 0.29) is 6.04 Å². The number of nitrogens with two attached hydrogens (primary N) is 1. The monoisotopic (exact) mass is 247 g/mol. The summed E-state index contributed by atoms with van der Waals surface area (Å²) in [6.45, 7) is 0. The van der Waals surface area contributed by atoms with Gasteiger partial charge in [-0.25, -0.2) is 0 Å². The Kier molecular flexibility index (Phi) is 2.36. The molecule has 3 aromatic carbocycles. The first-order valence-corrected chi connectivity index (χ1v) is 6.99. The summed E-state index contributed by atoms with van der Waals surface area (Å²) in [5, 5.41) is 5.19. The van der Waals surface area contributed by atoms with Gasteiger partial charge in [-0.1, -0.05) is 36.4 Å². The molecule has 0 spiro atoms. The average molecular weight is 247 g/mol. The minimum absolute atomic E-state index is 0.218. The molecule has 1 saturated carbocycles. The van der Waals surface area contributed by atoms with E-state index in [4.69, 9.17) is 5.73 Å². The van der Waals surface area contributed by atoms with Gasteiger partial charge in [-0.2, -0.15) is 0 Å². The van der Waals surface area contributed by atoms with Crippen LogP contribution < -0.4 is 5.73 Å². The van der Waals surface area contributed by atoms with Crippen molar-refractivity contribution in [1.29, 1.82) is 0 Å². The van der Waals surface area contributed by atoms with E-state index in [0.717, 1.165) is 0 Å². The zero-order chi connectivity index (χ0) is 12.8. The minimum atomic E-state index is 0.218. The summed E-state index contributed by atoms with van der Waals surface area (Å²) in [5.41, 5.74) is 7.59. The quantitative estimate of drug-likeness (QED) is 0.667. The summed E-state index contributed by atoms with van der Waals surface area (Å²) in [6, 6.07) is 19.9. The molecule has 0 bridgehead atoms. The molecule has 1 aliphatic carbocycles. The van der Waals surface area contributed by atoms with Gasteiger partial charge in [0.05, 0.1) is 0 Å². The average Bonchev–Trinajstić information content (AvgIpc) is 3.28. The standard InChI is InChI=1S/C18H17N/c19-18(12-5-6-12)16-8-7-15-9-13-3-1-2-4-14(13)10-17(15)11-16/h1-4,7-12,18H,5-6,19H2/t18-/m0/s1. The van der Waals surface area contributed by atoms with Crippen molar-refractivity contribution >= 4 is 21.5 Å². The summed E-state index contributed by atoms with van der Waals surface area (Å²) in [7, 11) is 0. The lowest BCUT2D eigenvalue weighted by Gasteiger charge is -2.12. The van der Waals surface area contributed by atoms with Crippen LogP contribution >= 0.6 is 0 Å². The van der Waals surface area contributed by atoms with Crippen molar-refractivity contribution in [1.82, 2.24) is 0 Å². The second kappa shape index (κ2) is 4.07. The summed E-state index contributed by atoms with van der Waals surface area (Å²) in [6.07, 6.45) is 2.58. The summed E-state index contributed by atoms with van der Waals surface area (Å²) >= 11 is 0. The fraction of sp³-hybridized carbons (Fsp3) is 0.222. The molecular formula is C18H17N. The number of benzene rings is 3. The van der Waals surface area contributed by atoms with Gasteiger partial charge in [-0.3, -0.25) is 0 Å². The molecule has 3 aromatic rings. The molecule has 0 aliphatic heterocycles. The van der Waals surface area contributed by atoms with Crippen molar-refractivity contribution in [3.8, 4) is 0 Å². The van der Waals surface area contributed by atoms with Crippen LogP contribution in [0.1, 0.15) is 24.4 Å². The number of rotatable bonds is 2. The molecule has 19 heavy (non-hydrogen) atoms. The topological polar surface area (TPSA) is 26.0 Å². The third-order valence-electron chi connectivity index (χ3n) is 4.24. The largest absolute Gasteiger partial charge is 0.324 e. The van der Waals surface area contributed by atoms with Crippen molar-refractivity contribution < 1.29 is 0 Å². The number of hydrogen-bond acceptors (Lipinski definition) is 1. The van der Waals surface area contributed by atoms with Crippen LogP contribution in [0.2, 0.25) is 0 Å². The summed E-state index contributed by atoms with van der Waals surface area (Å²) in [4.78, 5) is 0. The van der Waals surface area contributed by atoms with Gasteiger partial charge >= 0.3 is 0 Å². The van der Waals surface area contributed by atoms with Gasteiger partial charge in [0.25, 0.3) is 0 Å². The zero-order valence-corrected chi connectivity index (χ0v) is 10.8. The van der Waals surface area contributed by atoms with Crippen LogP contribution in [0, 0.1) is 5.92 Å². The molecule has 1 heteroatoms. The number of fused-ring (bicyclic) bond motifs is 2. The highest BCUT2D eigenvalue weighted by Crippen LogP contribution is 2.40. The van der Waals surface area contributed by atoms with Gasteiger partial charge in [-0.05, 0) is 64.1 Å². The van der Waals surface area contributed by atoms with Crippen LogP contribution in [-0.4, -0.2) is 0 Å². The molecule has 0 amide bonds. The molecule has 4 rings (SSSR count). The molecule has 2 N–H and O–H groups in total. The second-order valence-corrected chi connectivity index (χ2v) is 5.67. The molecular weight excluding hydrogens is 230 g/mol. The first-order chi connectivity index (χ1) is 9.31. The van der Waals surface area contributed by atoms with E-state index >= 15 is 0 Å². The zero-order valence-electron chi connectivity index (χ0n) is 10.8. The Labute approximate surface area is 113 Å². The predicted octanol–water partition coefficient (Wildman–Crippen LogP) is 4.40. The molecule has 0 saturated heterocycles. The van der Waals surface area contributed by atoms with Crippen molar-refractivity contribution in [2.45, 2.75) is 18.9 Å². The highest BCUT2D eigenvalue weighted by atomic mass is 14.7. The highest BCUT2D eigenvalue weighted by Gasteiger charge is 2.29. The van der Waals surface area contributed by atoms with Crippen LogP contribution in [0.5, 0.6) is 0 Å². The molecule has 0 aromatic heterocycles. The van der Waals surface area contributed by atoms with E-state index in [1.165, 1.54) is 39.9 Å². The van der Waals surface area contributed by atoms with Crippen molar-refractivity contribution in [2.24, 2.45) is 11.7 Å². The maximum Gasteiger partial charge on any atom is 0.0323 e. The Hall–Kier alpha value is -1.86. The third-order valence-corrected chi connectivity index (χ3v) is 4.24. The fourth-order valence-electron chi connectivity index (χ4n) is 2.89. The SMILES string of the molecule is N[C@H](c1ccc2cc3ccccc3cc2c1)C1CC1. The lowest BCUT2D eigenvalue weighted by molar-refractivity contribution is 0.634. The van der Waals surface area contributed by atoms with E-state index < -0.39 is 0 Å². The van der Waals surface area contributed by atoms with Crippen molar-refractivity contribution in [3.05, 3.63) is 60.2 Å². The molecule has 1 atom stereocenters. The summed E-state index contributed by atoms with van der Waals surface area (Å²) in [5.74, 6) is 0.706. The Bertz CT molecular complexity index is 756. The van der Waals surface area contributed by atoms with Gasteiger partial charge in [-0.15, -0.1) is 0 Å². The van der Waals surface area contributed by atoms with Gasteiger partial charge in [0.15, 0.2) is 0 Å². The lowest BCUT2D eigenvalue weighted by atomic mass is 9.97. The molecule has 0 heterocycles. The maximum atomic E-state index is 6.30. The van der Waals surface area contributed by atoms with Crippen LogP contribution in [0.4, 0.5) is 0 Å². The lowest BCUT2D eigenvalue weighted by Crippen LogP contribution is -2.11. The Morgan fingerprint density at radius 3 is 2.11 bits per heavy atom. The maximum absolute atomic E-state index is 6.30. The first kappa shape index (κ1) is 11.0. The first-order valence-electron chi connectivity index (χ1n) is 6.99. The van der Waals surface area contributed by atoms with Crippen LogP contribution in [0.3, 0.4) is 0 Å². The number of hydrogen-bond donors (Lipinski definition) is 1. The molecule has 0 radical (unpaired) electrons. The van der Waals surface area contributed by atoms with Gasteiger partial charge in [0.1, 0.15) is 0 Å². The normalized spacial score (nSPS) is 16.9.